The van der Waals surface area contributed by atoms with Crippen molar-refractivity contribution < 1.29 is 0 Å². The van der Waals surface area contributed by atoms with Gasteiger partial charge in [-0.05, 0) is 75.5 Å². The first-order valence-corrected chi connectivity index (χ1v) is 17.1. The summed E-state index contributed by atoms with van der Waals surface area (Å²) in [4.78, 5) is 0. The number of rotatable bonds is 4. The summed E-state index contributed by atoms with van der Waals surface area (Å²) in [6.45, 7) is 2.26. The van der Waals surface area contributed by atoms with Crippen molar-refractivity contribution in [3.8, 4) is 0 Å². The van der Waals surface area contributed by atoms with E-state index < -0.39 is 0 Å². The summed E-state index contributed by atoms with van der Waals surface area (Å²) in [7, 11) is 0. The quantitative estimate of drug-likeness (QED) is 0.165. The molecule has 0 radical (unpaired) electrons. The molecule has 1 aromatic heterocycles. The fourth-order valence-corrected chi connectivity index (χ4v) is 8.62. The van der Waals surface area contributed by atoms with Crippen molar-refractivity contribution in [1.82, 2.24) is 4.57 Å². The lowest BCUT2D eigenvalue weighted by Gasteiger charge is -2.34. The Morgan fingerprint density at radius 1 is 0.617 bits per heavy atom. The normalized spacial score (nSPS) is 15.3. The highest BCUT2D eigenvalue weighted by molar-refractivity contribution is 9.10. The molecule has 0 saturated heterocycles. The zero-order chi connectivity index (χ0) is 31.5. The third-order valence-electron chi connectivity index (χ3n) is 10.2. The van der Waals surface area contributed by atoms with Crippen molar-refractivity contribution in [2.45, 2.75) is 18.8 Å². The SMILES string of the molecule is C/C(=C\C=C1/Cc2ccccc2C1(c1ccccc1)c1ccccc1)n1c2cc(Br)ccc2c2c3ccccc3c3ccccc3c21. The fraction of sp³-hybridized carbons (Fsp3) is 0.0667. The second kappa shape index (κ2) is 11.0. The van der Waals surface area contributed by atoms with Gasteiger partial charge in [0.25, 0.3) is 0 Å². The van der Waals surface area contributed by atoms with Crippen LogP contribution >= 0.6 is 15.9 Å². The maximum atomic E-state index is 3.80. The number of halogens is 1. The van der Waals surface area contributed by atoms with E-state index >= 15 is 0 Å². The summed E-state index contributed by atoms with van der Waals surface area (Å²) in [5, 5.41) is 7.70. The maximum absolute atomic E-state index is 3.80. The van der Waals surface area contributed by atoms with Gasteiger partial charge < -0.3 is 4.57 Å². The Balaban J connectivity index is 1.35. The monoisotopic (exact) mass is 665 g/mol. The number of nitrogens with zero attached hydrogens (tertiary/aromatic N) is 1. The molecule has 0 atom stereocenters. The van der Waals surface area contributed by atoms with Gasteiger partial charge in [0.1, 0.15) is 0 Å². The summed E-state index contributed by atoms with van der Waals surface area (Å²) in [5.41, 5.74) is 10.0. The number of hydrogen-bond donors (Lipinski definition) is 0. The smallest absolute Gasteiger partial charge is 0.0670 e. The predicted octanol–water partition coefficient (Wildman–Crippen LogP) is 12.2. The Labute approximate surface area is 283 Å². The van der Waals surface area contributed by atoms with Gasteiger partial charge in [-0.25, -0.2) is 0 Å². The van der Waals surface area contributed by atoms with Crippen molar-refractivity contribution in [2.24, 2.45) is 0 Å². The lowest BCUT2D eigenvalue weighted by Crippen LogP contribution is -2.28. The third-order valence-corrected chi connectivity index (χ3v) is 10.7. The first-order valence-electron chi connectivity index (χ1n) is 16.3. The molecule has 1 heterocycles. The van der Waals surface area contributed by atoms with Gasteiger partial charge in [0.15, 0.2) is 0 Å². The van der Waals surface area contributed by atoms with Crippen LogP contribution in [0.5, 0.6) is 0 Å². The standard InChI is InChI=1S/C45H32BrN/c1-30(24-25-34-28-31-14-8-13-23-41(31)45(34,32-15-4-2-5-16-32)33-17-6-3-7-18-33)47-42-29-35(46)26-27-40(42)43-38-21-11-9-19-36(38)37-20-10-12-22-39(37)44(43)47/h2-27,29H,28H2,1H3/b30-24+,34-25+. The topological polar surface area (TPSA) is 4.93 Å². The second-order valence-corrected chi connectivity index (χ2v) is 13.5. The van der Waals surface area contributed by atoms with Crippen LogP contribution in [0.4, 0.5) is 0 Å². The van der Waals surface area contributed by atoms with Crippen LogP contribution < -0.4 is 0 Å². The average Bonchev–Trinajstić information content (AvgIpc) is 3.65. The largest absolute Gasteiger partial charge is 0.313 e. The number of allylic oxidation sites excluding steroid dienone is 4. The van der Waals surface area contributed by atoms with Crippen LogP contribution in [0.2, 0.25) is 0 Å². The number of fused-ring (bicyclic) bond motifs is 9. The average molecular weight is 667 g/mol. The molecule has 0 bridgehead atoms. The highest BCUT2D eigenvalue weighted by Crippen LogP contribution is 2.52. The van der Waals surface area contributed by atoms with E-state index in [4.69, 9.17) is 0 Å². The minimum Gasteiger partial charge on any atom is -0.313 e. The van der Waals surface area contributed by atoms with Crippen molar-refractivity contribution in [2.75, 3.05) is 0 Å². The lowest BCUT2D eigenvalue weighted by atomic mass is 9.68. The molecule has 0 aliphatic heterocycles. The minimum atomic E-state index is -0.372. The molecular weight excluding hydrogens is 634 g/mol. The van der Waals surface area contributed by atoms with E-state index in [9.17, 15) is 0 Å². The molecule has 1 aliphatic rings. The molecule has 7 aromatic carbocycles. The van der Waals surface area contributed by atoms with Crippen LogP contribution in [0.1, 0.15) is 29.2 Å². The molecule has 0 N–H and O–H groups in total. The van der Waals surface area contributed by atoms with Gasteiger partial charge in [-0.3, -0.25) is 0 Å². The Morgan fingerprint density at radius 3 is 1.89 bits per heavy atom. The molecule has 0 spiro atoms. The molecule has 1 aliphatic carbocycles. The molecule has 9 rings (SSSR count). The van der Waals surface area contributed by atoms with E-state index in [-0.39, 0.29) is 5.41 Å². The summed E-state index contributed by atoms with van der Waals surface area (Å²) in [5.74, 6) is 0. The molecular formula is C45H32BrN. The van der Waals surface area contributed by atoms with Crippen LogP contribution in [0.15, 0.2) is 174 Å². The van der Waals surface area contributed by atoms with E-state index in [1.54, 1.807) is 0 Å². The second-order valence-electron chi connectivity index (χ2n) is 12.6. The Kier molecular flexibility index (Phi) is 6.55. The summed E-state index contributed by atoms with van der Waals surface area (Å²) < 4.78 is 3.56. The van der Waals surface area contributed by atoms with Gasteiger partial charge in [-0.1, -0.05) is 162 Å². The molecule has 8 aromatic rings. The van der Waals surface area contributed by atoms with Gasteiger partial charge >= 0.3 is 0 Å². The highest BCUT2D eigenvalue weighted by atomic mass is 79.9. The van der Waals surface area contributed by atoms with Crippen LogP contribution in [0, 0.1) is 0 Å². The van der Waals surface area contributed by atoms with Crippen LogP contribution in [0.3, 0.4) is 0 Å². The molecule has 224 valence electrons. The zero-order valence-corrected chi connectivity index (χ0v) is 27.7. The summed E-state index contributed by atoms with van der Waals surface area (Å²) in [6.07, 6.45) is 5.66. The van der Waals surface area contributed by atoms with Gasteiger partial charge in [0.05, 0.1) is 16.4 Å². The molecule has 0 saturated carbocycles. The Bertz CT molecular complexity index is 2510. The molecule has 47 heavy (non-hydrogen) atoms. The van der Waals surface area contributed by atoms with Crippen molar-refractivity contribution in [3.63, 3.8) is 0 Å². The first kappa shape index (κ1) is 28.1. The van der Waals surface area contributed by atoms with E-state index in [1.807, 2.05) is 0 Å². The van der Waals surface area contributed by atoms with E-state index in [2.05, 4.69) is 191 Å². The molecule has 1 nitrogen and oxygen atoms in total. The number of hydrogen-bond acceptors (Lipinski definition) is 0. The molecule has 2 heteroatoms. The van der Waals surface area contributed by atoms with E-state index in [1.165, 1.54) is 76.9 Å². The van der Waals surface area contributed by atoms with Crippen LogP contribution in [-0.2, 0) is 11.8 Å². The molecule has 0 unspecified atom stereocenters. The third kappa shape index (κ3) is 4.15. The van der Waals surface area contributed by atoms with Crippen molar-refractivity contribution in [3.05, 3.63) is 196 Å². The van der Waals surface area contributed by atoms with Gasteiger partial charge in [0.2, 0.25) is 0 Å². The predicted molar refractivity (Wildman–Crippen MR) is 203 cm³/mol. The zero-order valence-electron chi connectivity index (χ0n) is 26.1. The van der Waals surface area contributed by atoms with E-state index in [0.717, 1.165) is 10.9 Å². The Morgan fingerprint density at radius 2 is 1.19 bits per heavy atom. The summed E-state index contributed by atoms with van der Waals surface area (Å²) in [6, 6.07) is 55.5. The van der Waals surface area contributed by atoms with E-state index in [0.29, 0.717) is 0 Å². The van der Waals surface area contributed by atoms with Gasteiger partial charge in [-0.2, -0.15) is 0 Å². The lowest BCUT2D eigenvalue weighted by molar-refractivity contribution is 0.749. The van der Waals surface area contributed by atoms with Crippen molar-refractivity contribution >= 4 is 65.0 Å². The Hall–Kier alpha value is -5.18. The first-order chi connectivity index (χ1) is 23.2. The maximum Gasteiger partial charge on any atom is 0.0670 e. The van der Waals surface area contributed by atoms with Crippen LogP contribution in [0.25, 0.3) is 49.0 Å². The number of aromatic nitrogens is 1. The van der Waals surface area contributed by atoms with Gasteiger partial charge in [0, 0.05) is 26.3 Å². The molecule has 0 amide bonds. The fourth-order valence-electron chi connectivity index (χ4n) is 8.27. The summed E-state index contributed by atoms with van der Waals surface area (Å²) >= 11 is 3.80. The molecule has 0 fully saturated rings. The van der Waals surface area contributed by atoms with Crippen molar-refractivity contribution in [1.29, 1.82) is 0 Å². The van der Waals surface area contributed by atoms with Crippen LogP contribution in [-0.4, -0.2) is 4.57 Å². The minimum absolute atomic E-state index is 0.372. The number of benzene rings is 7. The van der Waals surface area contributed by atoms with Gasteiger partial charge in [-0.15, -0.1) is 0 Å². The highest BCUT2D eigenvalue weighted by Gasteiger charge is 2.45.